The van der Waals surface area contributed by atoms with E-state index in [0.717, 1.165) is 6.07 Å². The molecule has 2 rings (SSSR count). The lowest BCUT2D eigenvalue weighted by molar-refractivity contribution is 0.598. The van der Waals surface area contributed by atoms with Crippen LogP contribution in [0.2, 0.25) is 0 Å². The summed E-state index contributed by atoms with van der Waals surface area (Å²) >= 11 is 0. The monoisotopic (exact) mass is 307 g/mol. The summed E-state index contributed by atoms with van der Waals surface area (Å²) in [5.41, 5.74) is 5.80. The molecule has 5 nitrogen and oxygen atoms in total. The van der Waals surface area contributed by atoms with Gasteiger partial charge in [-0.3, -0.25) is 10.1 Å². The minimum absolute atomic E-state index is 0.0834. The molecule has 7 heteroatoms. The minimum Gasteiger partial charge on any atom is -0.384 e. The minimum atomic E-state index is -3.87. The quantitative estimate of drug-likeness (QED) is 0.597. The van der Waals surface area contributed by atoms with Crippen LogP contribution in [0.15, 0.2) is 47.4 Å². The number of aryl methyl sites for hydroxylation is 1. The van der Waals surface area contributed by atoms with Gasteiger partial charge in [-0.05, 0) is 36.8 Å². The van der Waals surface area contributed by atoms with Gasteiger partial charge in [0, 0.05) is 5.56 Å². The number of halogens is 1. The van der Waals surface area contributed by atoms with Crippen molar-refractivity contribution in [3.8, 4) is 0 Å². The second-order valence-electron chi connectivity index (χ2n) is 4.48. The number of benzene rings is 2. The Morgan fingerprint density at radius 1 is 1.24 bits per heavy atom. The molecule has 0 aliphatic carbocycles. The summed E-state index contributed by atoms with van der Waals surface area (Å²) in [6, 6.07) is 10.0. The Balaban J connectivity index is 2.38. The Morgan fingerprint density at radius 2 is 1.90 bits per heavy atom. The van der Waals surface area contributed by atoms with Crippen LogP contribution >= 0.6 is 0 Å². The number of sulfonamides is 1. The van der Waals surface area contributed by atoms with E-state index >= 15 is 0 Å². The Morgan fingerprint density at radius 3 is 2.48 bits per heavy atom. The highest BCUT2D eigenvalue weighted by Gasteiger charge is 2.18. The first-order valence-corrected chi connectivity index (χ1v) is 7.52. The summed E-state index contributed by atoms with van der Waals surface area (Å²) in [6.45, 7) is 1.66. The van der Waals surface area contributed by atoms with E-state index in [9.17, 15) is 12.8 Å². The number of amidine groups is 1. The molecule has 2 aromatic carbocycles. The normalized spacial score (nSPS) is 11.1. The predicted octanol–water partition coefficient (Wildman–Crippen LogP) is 2.22. The Bertz CT molecular complexity index is 804. The van der Waals surface area contributed by atoms with Crippen LogP contribution in [0.1, 0.15) is 11.1 Å². The molecule has 0 heterocycles. The molecular formula is C14H14FN3O2S. The van der Waals surface area contributed by atoms with Crippen LogP contribution < -0.4 is 10.5 Å². The van der Waals surface area contributed by atoms with Gasteiger partial charge in [-0.2, -0.15) is 0 Å². The number of nitrogen functional groups attached to an aromatic ring is 1. The molecule has 0 radical (unpaired) electrons. The third-order valence-corrected chi connectivity index (χ3v) is 4.43. The van der Waals surface area contributed by atoms with Gasteiger partial charge in [0.15, 0.2) is 0 Å². The van der Waals surface area contributed by atoms with Crippen molar-refractivity contribution >= 4 is 21.5 Å². The van der Waals surface area contributed by atoms with Gasteiger partial charge in [0.1, 0.15) is 11.7 Å². The summed E-state index contributed by atoms with van der Waals surface area (Å²) < 4.78 is 40.6. The lowest BCUT2D eigenvalue weighted by Gasteiger charge is -2.11. The number of hydrogen-bond donors (Lipinski definition) is 3. The predicted molar refractivity (Wildman–Crippen MR) is 79.4 cm³/mol. The van der Waals surface area contributed by atoms with Crippen molar-refractivity contribution in [1.29, 1.82) is 5.41 Å². The Labute approximate surface area is 122 Å². The molecule has 110 valence electrons. The number of rotatable bonds is 4. The molecule has 21 heavy (non-hydrogen) atoms. The first-order valence-electron chi connectivity index (χ1n) is 6.03. The van der Waals surface area contributed by atoms with Gasteiger partial charge in [0.05, 0.1) is 10.6 Å². The third kappa shape index (κ3) is 3.19. The molecule has 0 unspecified atom stereocenters. The maximum Gasteiger partial charge on any atom is 0.262 e. The van der Waals surface area contributed by atoms with E-state index in [-0.39, 0.29) is 22.0 Å². The summed E-state index contributed by atoms with van der Waals surface area (Å²) in [5.74, 6) is -1.08. The standard InChI is InChI=1S/C14H14FN3O2S/c1-9-4-2-3-5-13(9)21(19,20)18-12-7-6-10(14(16)17)8-11(12)15/h2-8,18H,1H3,(H3,16,17). The zero-order chi connectivity index (χ0) is 15.6. The van der Waals surface area contributed by atoms with Crippen LogP contribution in [-0.4, -0.2) is 14.3 Å². The molecule has 0 spiro atoms. The topological polar surface area (TPSA) is 96.0 Å². The summed E-state index contributed by atoms with van der Waals surface area (Å²) in [5, 5.41) is 7.22. The zero-order valence-corrected chi connectivity index (χ0v) is 12.0. The second kappa shape index (κ2) is 5.53. The van der Waals surface area contributed by atoms with Crippen LogP contribution in [0, 0.1) is 18.2 Å². The fraction of sp³-hybridized carbons (Fsp3) is 0.0714. The number of nitrogens with one attached hydrogen (secondary N) is 2. The van der Waals surface area contributed by atoms with Gasteiger partial charge in [-0.1, -0.05) is 18.2 Å². The average Bonchev–Trinajstić information content (AvgIpc) is 2.41. The highest BCUT2D eigenvalue weighted by atomic mass is 32.2. The number of hydrogen-bond acceptors (Lipinski definition) is 3. The van der Waals surface area contributed by atoms with Gasteiger partial charge >= 0.3 is 0 Å². The second-order valence-corrected chi connectivity index (χ2v) is 6.13. The summed E-state index contributed by atoms with van der Waals surface area (Å²) in [6.07, 6.45) is 0. The van der Waals surface area contributed by atoms with E-state index in [0.29, 0.717) is 5.56 Å². The zero-order valence-electron chi connectivity index (χ0n) is 11.2. The lowest BCUT2D eigenvalue weighted by Crippen LogP contribution is -2.16. The van der Waals surface area contributed by atoms with Crippen molar-refractivity contribution < 1.29 is 12.8 Å². The van der Waals surface area contributed by atoms with Crippen LogP contribution in [-0.2, 0) is 10.0 Å². The fourth-order valence-electron chi connectivity index (χ4n) is 1.82. The maximum atomic E-state index is 13.9. The largest absolute Gasteiger partial charge is 0.384 e. The van der Waals surface area contributed by atoms with Crippen LogP contribution in [0.25, 0.3) is 0 Å². The SMILES string of the molecule is Cc1ccccc1S(=O)(=O)Nc1ccc(C(=N)N)cc1F. The van der Waals surface area contributed by atoms with Gasteiger partial charge in [-0.15, -0.1) is 0 Å². The van der Waals surface area contributed by atoms with Crippen molar-refractivity contribution in [3.63, 3.8) is 0 Å². The first kappa shape index (κ1) is 15.0. The van der Waals surface area contributed by atoms with E-state index < -0.39 is 15.8 Å². The molecule has 0 fully saturated rings. The molecule has 0 aliphatic rings. The highest BCUT2D eigenvalue weighted by Crippen LogP contribution is 2.22. The molecule has 0 aromatic heterocycles. The molecule has 0 saturated heterocycles. The molecule has 0 saturated carbocycles. The maximum absolute atomic E-state index is 13.9. The van der Waals surface area contributed by atoms with Crippen molar-refractivity contribution in [1.82, 2.24) is 0 Å². The molecule has 4 N–H and O–H groups in total. The van der Waals surface area contributed by atoms with E-state index in [1.54, 1.807) is 25.1 Å². The average molecular weight is 307 g/mol. The number of anilines is 1. The van der Waals surface area contributed by atoms with Crippen molar-refractivity contribution in [2.75, 3.05) is 4.72 Å². The fourth-order valence-corrected chi connectivity index (χ4v) is 3.14. The van der Waals surface area contributed by atoms with E-state index in [1.807, 2.05) is 0 Å². The number of nitrogens with two attached hydrogens (primary N) is 1. The highest BCUT2D eigenvalue weighted by molar-refractivity contribution is 7.92. The van der Waals surface area contributed by atoms with Gasteiger partial charge in [0.2, 0.25) is 0 Å². The van der Waals surface area contributed by atoms with Gasteiger partial charge in [-0.25, -0.2) is 12.8 Å². The molecule has 2 aromatic rings. The smallest absolute Gasteiger partial charge is 0.262 e. The Hall–Kier alpha value is -2.41. The van der Waals surface area contributed by atoms with E-state index in [4.69, 9.17) is 11.1 Å². The summed E-state index contributed by atoms with van der Waals surface area (Å²) in [7, 11) is -3.87. The molecule has 0 atom stereocenters. The van der Waals surface area contributed by atoms with Crippen LogP contribution in [0.4, 0.5) is 10.1 Å². The Kier molecular flexibility index (Phi) is 3.95. The first-order chi connectivity index (χ1) is 9.81. The van der Waals surface area contributed by atoms with Crippen molar-refractivity contribution in [2.45, 2.75) is 11.8 Å². The van der Waals surface area contributed by atoms with Crippen LogP contribution in [0.3, 0.4) is 0 Å². The van der Waals surface area contributed by atoms with E-state index in [2.05, 4.69) is 4.72 Å². The van der Waals surface area contributed by atoms with Gasteiger partial charge < -0.3 is 5.73 Å². The van der Waals surface area contributed by atoms with E-state index in [1.165, 1.54) is 18.2 Å². The van der Waals surface area contributed by atoms with Crippen molar-refractivity contribution in [2.24, 2.45) is 5.73 Å². The third-order valence-electron chi connectivity index (χ3n) is 2.91. The van der Waals surface area contributed by atoms with Crippen molar-refractivity contribution in [3.05, 3.63) is 59.4 Å². The van der Waals surface area contributed by atoms with Gasteiger partial charge in [0.25, 0.3) is 10.0 Å². The molecular weight excluding hydrogens is 293 g/mol. The molecule has 0 aliphatic heterocycles. The molecule has 0 bridgehead atoms. The molecule has 0 amide bonds. The van der Waals surface area contributed by atoms with Crippen LogP contribution in [0.5, 0.6) is 0 Å². The lowest BCUT2D eigenvalue weighted by atomic mass is 10.2. The summed E-state index contributed by atoms with van der Waals surface area (Å²) in [4.78, 5) is 0.0834.